The molecule has 2 N–H and O–H groups in total. The zero-order valence-electron chi connectivity index (χ0n) is 15.1. The third kappa shape index (κ3) is 5.24. The highest BCUT2D eigenvalue weighted by atomic mass is 35.5. The van der Waals surface area contributed by atoms with E-state index in [9.17, 15) is 9.59 Å². The number of carbonyl (C=O) groups excluding carboxylic acids is 2. The van der Waals surface area contributed by atoms with Crippen molar-refractivity contribution in [3.8, 4) is 0 Å². The molecule has 2 unspecified atom stereocenters. The monoisotopic (exact) mass is 404 g/mol. The normalized spacial score (nSPS) is 17.0. The number of fused-ring (bicyclic) bond motifs is 1. The molecule has 2 aromatic carbocycles. The van der Waals surface area contributed by atoms with Gasteiger partial charge in [0.25, 0.3) is 0 Å². The Kier molecular flexibility index (Phi) is 6.40. The summed E-state index contributed by atoms with van der Waals surface area (Å²) in [4.78, 5) is 24.5. The number of amides is 2. The van der Waals surface area contributed by atoms with Crippen molar-refractivity contribution in [2.45, 2.75) is 38.6 Å². The van der Waals surface area contributed by atoms with E-state index in [1.165, 1.54) is 0 Å². The van der Waals surface area contributed by atoms with Gasteiger partial charge in [-0.2, -0.15) is 0 Å². The van der Waals surface area contributed by atoms with Gasteiger partial charge < -0.3 is 10.6 Å². The molecule has 6 heteroatoms. The molecule has 1 aliphatic rings. The van der Waals surface area contributed by atoms with Gasteiger partial charge in [-0.1, -0.05) is 47.5 Å². The van der Waals surface area contributed by atoms with Crippen molar-refractivity contribution in [1.82, 2.24) is 5.32 Å². The lowest BCUT2D eigenvalue weighted by Crippen LogP contribution is -2.35. The molecule has 0 bridgehead atoms. The number of hydrogen-bond donors (Lipinski definition) is 2. The van der Waals surface area contributed by atoms with Crippen LogP contribution in [0.15, 0.2) is 42.5 Å². The van der Waals surface area contributed by atoms with Crippen molar-refractivity contribution in [2.75, 3.05) is 5.32 Å². The molecular formula is C21H22Cl2N2O2. The first-order valence-corrected chi connectivity index (χ1v) is 9.80. The predicted octanol–water partition coefficient (Wildman–Crippen LogP) is 4.63. The van der Waals surface area contributed by atoms with E-state index in [1.807, 2.05) is 37.3 Å². The van der Waals surface area contributed by atoms with Crippen LogP contribution < -0.4 is 10.6 Å². The third-order valence-electron chi connectivity index (χ3n) is 4.78. The minimum absolute atomic E-state index is 0.0116. The van der Waals surface area contributed by atoms with E-state index in [1.54, 1.807) is 12.1 Å². The van der Waals surface area contributed by atoms with Crippen LogP contribution in [-0.2, 0) is 22.4 Å². The maximum Gasteiger partial charge on any atom is 0.227 e. The second-order valence-corrected chi connectivity index (χ2v) is 7.84. The molecule has 0 radical (unpaired) electrons. The van der Waals surface area contributed by atoms with E-state index in [4.69, 9.17) is 23.2 Å². The number of anilines is 1. The minimum atomic E-state index is -0.174. The second kappa shape index (κ2) is 8.77. The molecule has 4 nitrogen and oxygen atoms in total. The zero-order valence-corrected chi connectivity index (χ0v) is 16.6. The molecule has 0 fully saturated rings. The van der Waals surface area contributed by atoms with Crippen LogP contribution in [0.25, 0.3) is 0 Å². The van der Waals surface area contributed by atoms with Gasteiger partial charge in [0.05, 0.1) is 0 Å². The topological polar surface area (TPSA) is 58.2 Å². The van der Waals surface area contributed by atoms with Crippen molar-refractivity contribution in [3.05, 3.63) is 63.6 Å². The van der Waals surface area contributed by atoms with Gasteiger partial charge in [0.2, 0.25) is 11.8 Å². The van der Waals surface area contributed by atoms with Crippen molar-refractivity contribution < 1.29 is 9.59 Å². The van der Waals surface area contributed by atoms with Crippen LogP contribution in [0.3, 0.4) is 0 Å². The highest BCUT2D eigenvalue weighted by molar-refractivity contribution is 6.35. The van der Waals surface area contributed by atoms with Gasteiger partial charge in [-0.05, 0) is 55.5 Å². The highest BCUT2D eigenvalue weighted by Gasteiger charge is 2.26. The molecule has 0 aromatic heterocycles. The van der Waals surface area contributed by atoms with Gasteiger partial charge in [-0.25, -0.2) is 0 Å². The average molecular weight is 405 g/mol. The summed E-state index contributed by atoms with van der Waals surface area (Å²) >= 11 is 12.1. The molecule has 1 aliphatic heterocycles. The standard InChI is InChI=1S/C21H22Cl2N2O2/c1-13(10-14-6-8-17(22)12-18(14)23)24-20(26)9-7-16-11-15-4-2-3-5-19(15)25-21(16)27/h2-6,8,12-13,16H,7,9-11H2,1H3,(H,24,26)(H,25,27). The number of halogens is 2. The fourth-order valence-electron chi connectivity index (χ4n) is 3.37. The molecule has 1 heterocycles. The maximum absolute atomic E-state index is 12.3. The van der Waals surface area contributed by atoms with E-state index in [0.717, 1.165) is 16.8 Å². The molecule has 0 spiro atoms. The summed E-state index contributed by atoms with van der Waals surface area (Å²) in [7, 11) is 0. The number of para-hydroxylation sites is 1. The summed E-state index contributed by atoms with van der Waals surface area (Å²) in [6.07, 6.45) is 2.14. The molecule has 0 saturated carbocycles. The first-order valence-electron chi connectivity index (χ1n) is 9.04. The van der Waals surface area contributed by atoms with E-state index in [2.05, 4.69) is 10.6 Å². The summed E-state index contributed by atoms with van der Waals surface area (Å²) in [6.45, 7) is 1.94. The van der Waals surface area contributed by atoms with Crippen LogP contribution in [-0.4, -0.2) is 17.9 Å². The van der Waals surface area contributed by atoms with Crippen LogP contribution in [0.1, 0.15) is 30.9 Å². The number of nitrogens with one attached hydrogen (secondary N) is 2. The lowest BCUT2D eigenvalue weighted by Gasteiger charge is -2.24. The molecule has 142 valence electrons. The quantitative estimate of drug-likeness (QED) is 0.736. The Morgan fingerprint density at radius 1 is 1.26 bits per heavy atom. The number of hydrogen-bond acceptors (Lipinski definition) is 2. The second-order valence-electron chi connectivity index (χ2n) is 6.99. The number of carbonyl (C=O) groups is 2. The molecule has 0 saturated heterocycles. The van der Waals surface area contributed by atoms with Crippen molar-refractivity contribution in [3.63, 3.8) is 0 Å². The van der Waals surface area contributed by atoms with E-state index in [0.29, 0.717) is 35.7 Å². The van der Waals surface area contributed by atoms with Crippen molar-refractivity contribution in [2.24, 2.45) is 5.92 Å². The van der Waals surface area contributed by atoms with Crippen LogP contribution in [0, 0.1) is 5.92 Å². The van der Waals surface area contributed by atoms with Crippen LogP contribution in [0.2, 0.25) is 10.0 Å². The Morgan fingerprint density at radius 2 is 2.04 bits per heavy atom. The molecule has 2 amide bonds. The summed E-state index contributed by atoms with van der Waals surface area (Å²) in [6, 6.07) is 13.1. The zero-order chi connectivity index (χ0) is 19.4. The van der Waals surface area contributed by atoms with Crippen molar-refractivity contribution in [1.29, 1.82) is 0 Å². The van der Waals surface area contributed by atoms with E-state index >= 15 is 0 Å². The van der Waals surface area contributed by atoms with Gasteiger partial charge >= 0.3 is 0 Å². The Balaban J connectivity index is 1.49. The predicted molar refractivity (Wildman–Crippen MR) is 109 cm³/mol. The largest absolute Gasteiger partial charge is 0.353 e. The molecule has 2 atom stereocenters. The van der Waals surface area contributed by atoms with E-state index in [-0.39, 0.29) is 23.8 Å². The van der Waals surface area contributed by atoms with Gasteiger partial charge in [0, 0.05) is 34.1 Å². The first-order chi connectivity index (χ1) is 12.9. The number of benzene rings is 2. The molecule has 3 rings (SSSR count). The Bertz CT molecular complexity index is 854. The van der Waals surface area contributed by atoms with Gasteiger partial charge in [-0.3, -0.25) is 9.59 Å². The number of rotatable bonds is 6. The summed E-state index contributed by atoms with van der Waals surface area (Å²) in [5, 5.41) is 7.09. The maximum atomic E-state index is 12.3. The summed E-state index contributed by atoms with van der Waals surface area (Å²) < 4.78 is 0. The lowest BCUT2D eigenvalue weighted by atomic mass is 9.89. The van der Waals surface area contributed by atoms with Gasteiger partial charge in [0.1, 0.15) is 0 Å². The Hall–Kier alpha value is -2.04. The smallest absolute Gasteiger partial charge is 0.227 e. The summed E-state index contributed by atoms with van der Waals surface area (Å²) in [5.74, 6) is -0.242. The van der Waals surface area contributed by atoms with E-state index < -0.39 is 0 Å². The Labute approximate surface area is 169 Å². The van der Waals surface area contributed by atoms with Crippen molar-refractivity contribution >= 4 is 40.7 Å². The first kappa shape index (κ1) is 19.7. The minimum Gasteiger partial charge on any atom is -0.353 e. The molecule has 27 heavy (non-hydrogen) atoms. The fourth-order valence-corrected chi connectivity index (χ4v) is 3.85. The van der Waals surface area contributed by atoms with Gasteiger partial charge in [-0.15, -0.1) is 0 Å². The molecule has 2 aromatic rings. The SMILES string of the molecule is CC(Cc1ccc(Cl)cc1Cl)NC(=O)CCC1Cc2ccccc2NC1=O. The van der Waals surface area contributed by atoms with Crippen LogP contribution in [0.4, 0.5) is 5.69 Å². The van der Waals surface area contributed by atoms with Crippen LogP contribution >= 0.6 is 23.2 Å². The van der Waals surface area contributed by atoms with Gasteiger partial charge in [0.15, 0.2) is 0 Å². The van der Waals surface area contributed by atoms with Crippen LogP contribution in [0.5, 0.6) is 0 Å². The molecule has 0 aliphatic carbocycles. The third-order valence-corrected chi connectivity index (χ3v) is 5.37. The Morgan fingerprint density at radius 3 is 2.81 bits per heavy atom. The fraction of sp³-hybridized carbons (Fsp3) is 0.333. The lowest BCUT2D eigenvalue weighted by molar-refractivity contribution is -0.123. The summed E-state index contributed by atoms with van der Waals surface area (Å²) in [5.41, 5.74) is 2.93. The average Bonchev–Trinajstić information content (AvgIpc) is 2.62. The molecular weight excluding hydrogens is 383 g/mol. The highest BCUT2D eigenvalue weighted by Crippen LogP contribution is 2.27.